The van der Waals surface area contributed by atoms with Crippen LogP contribution in [0.15, 0.2) is 48.5 Å². The highest BCUT2D eigenvalue weighted by Gasteiger charge is 2.22. The summed E-state index contributed by atoms with van der Waals surface area (Å²) in [6, 6.07) is 11.4. The first-order valence-electron chi connectivity index (χ1n) is 5.85. The monoisotopic (exact) mass is 320 g/mol. The van der Waals surface area contributed by atoms with Crippen LogP contribution in [0, 0.1) is 20.2 Å². The third kappa shape index (κ3) is 3.73. The van der Waals surface area contributed by atoms with Gasteiger partial charge >= 0.3 is 10.9 Å². The molecule has 0 spiro atoms. The van der Waals surface area contributed by atoms with E-state index in [1.54, 1.807) is 30.3 Å². The maximum atomic E-state index is 11.0. The number of nitro groups is 2. The molecule has 2 aromatic rings. The Morgan fingerprint density at radius 1 is 0.955 bits per heavy atom. The van der Waals surface area contributed by atoms with Crippen molar-refractivity contribution in [1.82, 2.24) is 0 Å². The number of nitrogens with zero attached hydrogens (tertiary/aromatic N) is 2. The van der Waals surface area contributed by atoms with E-state index in [-0.39, 0.29) is 11.0 Å². The summed E-state index contributed by atoms with van der Waals surface area (Å²) in [6.45, 7) is 0. The van der Waals surface area contributed by atoms with Gasteiger partial charge in [-0.3, -0.25) is 20.2 Å². The normalized spacial score (nSPS) is 9.82. The zero-order valence-electron chi connectivity index (χ0n) is 10.9. The van der Waals surface area contributed by atoms with Crippen LogP contribution >= 0.6 is 12.2 Å². The third-order valence-corrected chi connectivity index (χ3v) is 2.65. The second-order valence-corrected chi connectivity index (χ2v) is 4.27. The number of hydrogen-bond donors (Lipinski definition) is 0. The molecular weight excluding hydrogens is 312 g/mol. The molecular formula is C13H8N2O6S. The quantitative estimate of drug-likeness (QED) is 0.483. The number of benzene rings is 2. The minimum absolute atomic E-state index is 0.239. The highest BCUT2D eigenvalue weighted by atomic mass is 32.1. The third-order valence-electron chi connectivity index (χ3n) is 2.49. The Hall–Kier alpha value is -3.07. The topological polar surface area (TPSA) is 105 Å². The van der Waals surface area contributed by atoms with Gasteiger partial charge in [0, 0.05) is 18.3 Å². The van der Waals surface area contributed by atoms with Crippen LogP contribution < -0.4 is 9.47 Å². The molecule has 9 heteroatoms. The molecule has 112 valence electrons. The predicted molar refractivity (Wildman–Crippen MR) is 80.0 cm³/mol. The molecule has 0 aliphatic rings. The second kappa shape index (κ2) is 6.59. The van der Waals surface area contributed by atoms with Crippen molar-refractivity contribution in [3.05, 3.63) is 68.8 Å². The Kier molecular flexibility index (Phi) is 4.59. The highest BCUT2D eigenvalue weighted by Crippen LogP contribution is 2.31. The molecule has 0 amide bonds. The first kappa shape index (κ1) is 15.3. The fourth-order valence-corrected chi connectivity index (χ4v) is 1.73. The molecule has 22 heavy (non-hydrogen) atoms. The summed E-state index contributed by atoms with van der Waals surface area (Å²) in [6.07, 6.45) is 0. The van der Waals surface area contributed by atoms with Crippen LogP contribution in [0.25, 0.3) is 0 Å². The van der Waals surface area contributed by atoms with E-state index in [9.17, 15) is 20.2 Å². The number of hydrogen-bond acceptors (Lipinski definition) is 7. The largest absolute Gasteiger partial charge is 0.417 e. The van der Waals surface area contributed by atoms with E-state index in [1.165, 1.54) is 0 Å². The summed E-state index contributed by atoms with van der Waals surface area (Å²) >= 11 is 4.85. The molecule has 0 saturated carbocycles. The predicted octanol–water partition coefficient (Wildman–Crippen LogP) is 3.25. The van der Waals surface area contributed by atoms with Crippen LogP contribution in [0.1, 0.15) is 0 Å². The van der Waals surface area contributed by atoms with Crippen LogP contribution in [0.3, 0.4) is 0 Å². The van der Waals surface area contributed by atoms with Gasteiger partial charge in [0.2, 0.25) is 5.75 Å². The fraction of sp³-hybridized carbons (Fsp3) is 0. The molecule has 0 aliphatic heterocycles. The Balaban J connectivity index is 2.20. The molecule has 0 fully saturated rings. The summed E-state index contributed by atoms with van der Waals surface area (Å²) in [5, 5.41) is 21.2. The lowest BCUT2D eigenvalue weighted by Gasteiger charge is -2.08. The van der Waals surface area contributed by atoms with Gasteiger partial charge in [-0.15, -0.1) is 0 Å². The van der Waals surface area contributed by atoms with Crippen molar-refractivity contribution in [2.75, 3.05) is 0 Å². The zero-order valence-corrected chi connectivity index (χ0v) is 11.7. The molecule has 8 nitrogen and oxygen atoms in total. The molecule has 0 heterocycles. The van der Waals surface area contributed by atoms with E-state index in [4.69, 9.17) is 21.7 Å². The number of thiocarbonyl (C=S) groups is 1. The number of para-hydroxylation sites is 1. The Morgan fingerprint density at radius 3 is 2.23 bits per heavy atom. The summed E-state index contributed by atoms with van der Waals surface area (Å²) in [5.41, 5.74) is -0.998. The van der Waals surface area contributed by atoms with E-state index in [1.807, 2.05) is 0 Å². The Bertz CT molecular complexity index is 735. The molecule has 0 aromatic heterocycles. The first-order chi connectivity index (χ1) is 10.5. The van der Waals surface area contributed by atoms with Gasteiger partial charge in [0.05, 0.1) is 15.9 Å². The molecule has 0 N–H and O–H groups in total. The molecule has 0 unspecified atom stereocenters. The van der Waals surface area contributed by atoms with Crippen molar-refractivity contribution in [2.24, 2.45) is 0 Å². The van der Waals surface area contributed by atoms with E-state index in [2.05, 4.69) is 0 Å². The molecule has 0 radical (unpaired) electrons. The first-order valence-corrected chi connectivity index (χ1v) is 6.26. The van der Waals surface area contributed by atoms with Gasteiger partial charge in [0.1, 0.15) is 5.75 Å². The Morgan fingerprint density at radius 2 is 1.64 bits per heavy atom. The lowest BCUT2D eigenvalue weighted by molar-refractivity contribution is -0.394. The molecule has 0 bridgehead atoms. The van der Waals surface area contributed by atoms with E-state index >= 15 is 0 Å². The summed E-state index contributed by atoms with van der Waals surface area (Å²) in [4.78, 5) is 20.1. The van der Waals surface area contributed by atoms with Crippen molar-refractivity contribution in [1.29, 1.82) is 0 Å². The minimum atomic E-state index is -0.798. The lowest BCUT2D eigenvalue weighted by Crippen LogP contribution is -2.14. The SMILES string of the molecule is O=[N+]([O-])c1ccc(OC(=S)Oc2ccccc2)c([N+](=O)[O-])c1. The van der Waals surface area contributed by atoms with Crippen molar-refractivity contribution in [3.63, 3.8) is 0 Å². The van der Waals surface area contributed by atoms with E-state index < -0.39 is 21.2 Å². The van der Waals surface area contributed by atoms with Gasteiger partial charge in [-0.1, -0.05) is 18.2 Å². The number of non-ortho nitro benzene ring substituents is 1. The Labute approximate surface area is 129 Å². The molecule has 0 atom stereocenters. The van der Waals surface area contributed by atoms with Crippen LogP contribution in [0.2, 0.25) is 0 Å². The van der Waals surface area contributed by atoms with Crippen LogP contribution in [-0.2, 0) is 0 Å². The summed E-state index contributed by atoms with van der Waals surface area (Å²) in [5.74, 6) is 0.161. The standard InChI is InChI=1S/C13H8N2O6S/c16-14(17)9-6-7-12(11(8-9)15(18)19)21-13(22)20-10-4-2-1-3-5-10/h1-8H. The van der Waals surface area contributed by atoms with Gasteiger partial charge < -0.3 is 9.47 Å². The van der Waals surface area contributed by atoms with Gasteiger partial charge in [-0.05, 0) is 18.2 Å². The highest BCUT2D eigenvalue weighted by molar-refractivity contribution is 7.79. The number of nitro benzene ring substituents is 2. The average Bonchev–Trinajstić information content (AvgIpc) is 2.48. The van der Waals surface area contributed by atoms with Crippen LogP contribution in [0.5, 0.6) is 11.5 Å². The summed E-state index contributed by atoms with van der Waals surface area (Å²) in [7, 11) is 0. The van der Waals surface area contributed by atoms with Gasteiger partial charge in [0.25, 0.3) is 5.69 Å². The van der Waals surface area contributed by atoms with E-state index in [0.29, 0.717) is 5.75 Å². The smallest absolute Gasteiger partial charge is 0.363 e. The zero-order chi connectivity index (χ0) is 16.1. The molecule has 2 aromatic carbocycles. The molecule has 2 rings (SSSR count). The average molecular weight is 320 g/mol. The number of rotatable bonds is 4. The lowest BCUT2D eigenvalue weighted by atomic mass is 10.2. The van der Waals surface area contributed by atoms with Crippen molar-refractivity contribution in [3.8, 4) is 11.5 Å². The maximum absolute atomic E-state index is 11.0. The molecule has 0 aliphatic carbocycles. The van der Waals surface area contributed by atoms with Gasteiger partial charge in [-0.2, -0.15) is 0 Å². The fourth-order valence-electron chi connectivity index (χ4n) is 1.54. The maximum Gasteiger partial charge on any atom is 0.363 e. The minimum Gasteiger partial charge on any atom is -0.417 e. The van der Waals surface area contributed by atoms with Crippen molar-refractivity contribution < 1.29 is 19.3 Å². The van der Waals surface area contributed by atoms with E-state index in [0.717, 1.165) is 18.2 Å². The summed E-state index contributed by atoms with van der Waals surface area (Å²) < 4.78 is 10.3. The molecule has 0 saturated heterocycles. The van der Waals surface area contributed by atoms with Gasteiger partial charge in [-0.25, -0.2) is 0 Å². The van der Waals surface area contributed by atoms with Crippen LogP contribution in [-0.4, -0.2) is 15.1 Å². The second-order valence-electron chi connectivity index (χ2n) is 3.93. The van der Waals surface area contributed by atoms with Crippen LogP contribution in [0.4, 0.5) is 11.4 Å². The number of ether oxygens (including phenoxy) is 2. The van der Waals surface area contributed by atoms with Crippen molar-refractivity contribution >= 4 is 28.8 Å². The van der Waals surface area contributed by atoms with Gasteiger partial charge in [0.15, 0.2) is 0 Å². The van der Waals surface area contributed by atoms with Crippen molar-refractivity contribution in [2.45, 2.75) is 0 Å².